The van der Waals surface area contributed by atoms with Crippen LogP contribution >= 0.6 is 0 Å². The van der Waals surface area contributed by atoms with Crippen molar-refractivity contribution in [3.8, 4) is 0 Å². The third kappa shape index (κ3) is 3.46. The van der Waals surface area contributed by atoms with Crippen LogP contribution in [-0.4, -0.2) is 75.7 Å². The molecule has 2 aromatic carbocycles. The van der Waals surface area contributed by atoms with Gasteiger partial charge in [0.25, 0.3) is 23.6 Å². The molecule has 35 heavy (non-hydrogen) atoms. The predicted octanol–water partition coefficient (Wildman–Crippen LogP) is 0.647. The van der Waals surface area contributed by atoms with Crippen molar-refractivity contribution < 1.29 is 39.0 Å². The maximum Gasteiger partial charge on any atom is 0.326 e. The summed E-state index contributed by atoms with van der Waals surface area (Å²) in [6.45, 7) is 6.46. The molecule has 10 nitrogen and oxygen atoms in total. The lowest BCUT2D eigenvalue weighted by Gasteiger charge is -2.24. The summed E-state index contributed by atoms with van der Waals surface area (Å²) in [5.74, 6) is -5.28. The van der Waals surface area contributed by atoms with E-state index in [1.165, 1.54) is 26.0 Å². The summed E-state index contributed by atoms with van der Waals surface area (Å²) < 4.78 is 0. The van der Waals surface area contributed by atoms with Gasteiger partial charge in [-0.25, -0.2) is 9.59 Å². The Labute approximate surface area is 200 Å². The van der Waals surface area contributed by atoms with Crippen LogP contribution in [0.5, 0.6) is 0 Å². The molecule has 0 fully saturated rings. The van der Waals surface area contributed by atoms with E-state index in [9.17, 15) is 39.0 Å². The van der Waals surface area contributed by atoms with E-state index in [0.717, 1.165) is 20.2 Å². The number of benzene rings is 2. The molecule has 0 saturated carbocycles. The highest BCUT2D eigenvalue weighted by Gasteiger charge is 2.44. The molecule has 2 aromatic rings. The van der Waals surface area contributed by atoms with Crippen LogP contribution in [0.1, 0.15) is 55.3 Å². The fourth-order valence-electron chi connectivity index (χ4n) is 4.39. The average molecular weight is 495 g/mol. The van der Waals surface area contributed by atoms with E-state index in [4.69, 9.17) is 0 Å². The van der Waals surface area contributed by atoms with Gasteiger partial charge in [-0.1, -0.05) is 35.6 Å². The maximum atomic E-state index is 12.9. The van der Waals surface area contributed by atoms with Gasteiger partial charge in [-0.3, -0.25) is 29.0 Å². The second kappa shape index (κ2) is 7.98. The molecular formula is C24H22N2O8Si. The van der Waals surface area contributed by atoms with Gasteiger partial charge >= 0.3 is 11.9 Å². The van der Waals surface area contributed by atoms with Crippen LogP contribution in [-0.2, 0) is 9.59 Å². The van der Waals surface area contributed by atoms with Gasteiger partial charge in [0.05, 0.1) is 22.3 Å². The van der Waals surface area contributed by atoms with Crippen LogP contribution < -0.4 is 10.4 Å². The SMILES string of the molecule is C[C@@H](C(=O)O)N1C(=O)c2ccc([Si](C)(C)c3ccc4c(c3)C(=O)N([C@@H](C)C(=O)O)C4=O)cc2C1=O. The summed E-state index contributed by atoms with van der Waals surface area (Å²) in [4.78, 5) is 75.2. The number of hydrogen-bond acceptors (Lipinski definition) is 6. The second-order valence-electron chi connectivity index (χ2n) is 9.13. The molecule has 0 spiro atoms. The highest BCUT2D eigenvalue weighted by molar-refractivity contribution is 7.00. The molecular weight excluding hydrogens is 472 g/mol. The Morgan fingerprint density at radius 1 is 0.657 bits per heavy atom. The Morgan fingerprint density at radius 2 is 0.971 bits per heavy atom. The molecule has 2 N–H and O–H groups in total. The molecule has 11 heteroatoms. The number of fused-ring (bicyclic) bond motifs is 2. The number of imide groups is 2. The van der Waals surface area contributed by atoms with Crippen LogP contribution in [0.2, 0.25) is 13.1 Å². The predicted molar refractivity (Wildman–Crippen MR) is 125 cm³/mol. The third-order valence-electron chi connectivity index (χ3n) is 6.77. The zero-order valence-electron chi connectivity index (χ0n) is 19.4. The molecule has 2 atom stereocenters. The van der Waals surface area contributed by atoms with E-state index in [0.29, 0.717) is 0 Å². The van der Waals surface area contributed by atoms with Crippen molar-refractivity contribution in [2.24, 2.45) is 0 Å². The fourth-order valence-corrected chi connectivity index (χ4v) is 6.73. The van der Waals surface area contributed by atoms with Crippen LogP contribution in [0, 0.1) is 0 Å². The molecule has 4 amide bonds. The third-order valence-corrected chi connectivity index (χ3v) is 10.3. The molecule has 0 saturated heterocycles. The lowest BCUT2D eigenvalue weighted by Crippen LogP contribution is -2.53. The molecule has 4 rings (SSSR count). The van der Waals surface area contributed by atoms with Gasteiger partial charge in [-0.2, -0.15) is 0 Å². The van der Waals surface area contributed by atoms with Crippen LogP contribution in [0.3, 0.4) is 0 Å². The lowest BCUT2D eigenvalue weighted by molar-refractivity contribution is -0.141. The van der Waals surface area contributed by atoms with Crippen molar-refractivity contribution in [3.63, 3.8) is 0 Å². The smallest absolute Gasteiger partial charge is 0.326 e. The van der Waals surface area contributed by atoms with E-state index >= 15 is 0 Å². The number of nitrogens with zero attached hydrogens (tertiary/aromatic N) is 2. The second-order valence-corrected chi connectivity index (χ2v) is 13.5. The largest absolute Gasteiger partial charge is 0.480 e. The highest BCUT2D eigenvalue weighted by Crippen LogP contribution is 2.27. The Bertz CT molecular complexity index is 1260. The molecule has 2 aliphatic heterocycles. The van der Waals surface area contributed by atoms with Crippen molar-refractivity contribution in [1.82, 2.24) is 9.80 Å². The first kappa shape index (κ1) is 24.0. The van der Waals surface area contributed by atoms with E-state index in [1.54, 1.807) is 24.3 Å². The van der Waals surface area contributed by atoms with Gasteiger partial charge in [-0.05, 0) is 38.1 Å². The number of carboxylic acids is 2. The van der Waals surface area contributed by atoms with Gasteiger partial charge in [0.1, 0.15) is 20.2 Å². The van der Waals surface area contributed by atoms with Crippen LogP contribution in [0.25, 0.3) is 0 Å². The number of carboxylic acid groups (broad SMARTS) is 2. The minimum atomic E-state index is -2.58. The van der Waals surface area contributed by atoms with Crippen LogP contribution in [0.15, 0.2) is 36.4 Å². The zero-order chi connectivity index (χ0) is 26.0. The van der Waals surface area contributed by atoms with Crippen molar-refractivity contribution in [1.29, 1.82) is 0 Å². The van der Waals surface area contributed by atoms with Crippen molar-refractivity contribution >= 4 is 54.0 Å². The zero-order valence-corrected chi connectivity index (χ0v) is 20.4. The first-order valence-corrected chi connectivity index (χ1v) is 13.8. The van der Waals surface area contributed by atoms with Gasteiger partial charge < -0.3 is 10.2 Å². The van der Waals surface area contributed by atoms with Gasteiger partial charge in [0, 0.05) is 0 Å². The molecule has 2 heterocycles. The van der Waals surface area contributed by atoms with Gasteiger partial charge in [0.15, 0.2) is 0 Å². The number of carbonyl (C=O) groups is 6. The molecule has 0 aliphatic carbocycles. The first-order valence-electron chi connectivity index (χ1n) is 10.8. The minimum absolute atomic E-state index is 0.120. The van der Waals surface area contributed by atoms with Gasteiger partial charge in [-0.15, -0.1) is 0 Å². The summed E-state index contributed by atoms with van der Waals surface area (Å²) >= 11 is 0. The Morgan fingerprint density at radius 3 is 1.29 bits per heavy atom. The average Bonchev–Trinajstić information content (AvgIpc) is 3.21. The van der Waals surface area contributed by atoms with Crippen LogP contribution in [0.4, 0.5) is 0 Å². The standard InChI is InChI=1S/C24H22N2O8Si/c1-11(23(31)32)25-19(27)15-7-5-13(9-17(15)21(25)29)35(3,4)14-6-8-16-18(10-14)22(30)26(20(16)28)12(2)24(33)34/h5-12H,1-4H3,(H,31,32)(H,33,34)/t11-,12-/m0/s1. The van der Waals surface area contributed by atoms with Gasteiger partial charge in [0.2, 0.25) is 0 Å². The van der Waals surface area contributed by atoms with Crippen molar-refractivity contribution in [2.45, 2.75) is 39.0 Å². The molecule has 0 bridgehead atoms. The molecule has 0 radical (unpaired) electrons. The molecule has 180 valence electrons. The Kier molecular flexibility index (Phi) is 5.48. The summed E-state index contributed by atoms with van der Waals surface area (Å²) in [6.07, 6.45) is 0. The molecule has 0 unspecified atom stereocenters. The normalized spacial score (nSPS) is 16.9. The minimum Gasteiger partial charge on any atom is -0.480 e. The number of aliphatic carboxylic acids is 2. The summed E-state index contributed by atoms with van der Waals surface area (Å²) in [6, 6.07) is 7.00. The summed E-state index contributed by atoms with van der Waals surface area (Å²) in [5, 5.41) is 20.0. The summed E-state index contributed by atoms with van der Waals surface area (Å²) in [5.41, 5.74) is 0.499. The first-order chi connectivity index (χ1) is 16.3. The van der Waals surface area contributed by atoms with E-state index < -0.39 is 55.7 Å². The maximum absolute atomic E-state index is 12.9. The fraction of sp³-hybridized carbons (Fsp3) is 0.250. The number of amides is 4. The Hall–Kier alpha value is -4.12. The van der Waals surface area contributed by atoms with Crippen molar-refractivity contribution in [2.75, 3.05) is 0 Å². The molecule has 0 aromatic heterocycles. The quantitative estimate of drug-likeness (QED) is 0.439. The number of rotatable bonds is 6. The van der Waals surface area contributed by atoms with E-state index in [2.05, 4.69) is 0 Å². The summed E-state index contributed by atoms with van der Waals surface area (Å²) in [7, 11) is -2.58. The topological polar surface area (TPSA) is 149 Å². The molecule has 2 aliphatic rings. The highest BCUT2D eigenvalue weighted by atomic mass is 28.3. The van der Waals surface area contributed by atoms with Crippen molar-refractivity contribution in [3.05, 3.63) is 58.7 Å². The number of carbonyl (C=O) groups excluding carboxylic acids is 4. The van der Waals surface area contributed by atoms with E-state index in [1.807, 2.05) is 13.1 Å². The Balaban J connectivity index is 1.72. The lowest BCUT2D eigenvalue weighted by atomic mass is 10.1. The van der Waals surface area contributed by atoms with E-state index in [-0.39, 0.29) is 22.3 Å². The number of hydrogen-bond donors (Lipinski definition) is 2. The monoisotopic (exact) mass is 494 g/mol.